The molecule has 0 unspecified atom stereocenters. The van der Waals surface area contributed by atoms with Crippen molar-refractivity contribution in [1.29, 1.82) is 0 Å². The summed E-state index contributed by atoms with van der Waals surface area (Å²) in [6, 6.07) is 2.04. The lowest BCUT2D eigenvalue weighted by Crippen LogP contribution is -2.68. The van der Waals surface area contributed by atoms with Gasteiger partial charge in [-0.15, -0.1) is 10.2 Å². The minimum absolute atomic E-state index is 1.75. The van der Waals surface area contributed by atoms with Crippen LogP contribution in [0.4, 0.5) is 0 Å². The van der Waals surface area contributed by atoms with Crippen LogP contribution in [0.5, 0.6) is 0 Å². The summed E-state index contributed by atoms with van der Waals surface area (Å²) in [6.07, 6.45) is 0. The van der Waals surface area contributed by atoms with Gasteiger partial charge in [0.05, 0.1) is 5.38 Å². The van der Waals surface area contributed by atoms with Gasteiger partial charge in [0.2, 0.25) is 5.38 Å². The summed E-state index contributed by atoms with van der Waals surface area (Å²) in [7, 11) is -1.44. The van der Waals surface area contributed by atoms with Crippen molar-refractivity contribution in [1.82, 2.24) is 0 Å². The molecule has 0 bridgehead atoms. The molecule has 0 spiro atoms. The summed E-state index contributed by atoms with van der Waals surface area (Å²) in [6.45, 7) is 0. The Morgan fingerprint density at radius 1 is 1.20 bits per heavy atom. The molecule has 0 N–H and O–H groups in total. The van der Waals surface area contributed by atoms with Crippen molar-refractivity contribution in [3.05, 3.63) is 16.8 Å². The largest absolute Gasteiger partial charge is 0.291 e. The van der Waals surface area contributed by atoms with E-state index in [4.69, 9.17) is 18.6 Å². The van der Waals surface area contributed by atoms with Gasteiger partial charge >= 0.3 is 0 Å². The SMILES string of the molecule is [O-][Cl+3]([O-])([O-])[O-].c1cs[s+]c1. The third-order valence-corrected chi connectivity index (χ3v) is 1.97. The molecule has 0 aliphatic heterocycles. The Balaban J connectivity index is 0.000000162. The average Bonchev–Trinajstić information content (AvgIpc) is 2.07. The molecule has 1 rings (SSSR count). The second kappa shape index (κ2) is 4.91. The van der Waals surface area contributed by atoms with Gasteiger partial charge in [0.1, 0.15) is 0 Å². The van der Waals surface area contributed by atoms with Crippen molar-refractivity contribution in [3.8, 4) is 0 Å². The van der Waals surface area contributed by atoms with E-state index in [0.29, 0.717) is 0 Å². The molecule has 0 aliphatic rings. The molecule has 4 nitrogen and oxygen atoms in total. The molecule has 0 aromatic carbocycles. The third kappa shape index (κ3) is 15.7. The zero-order chi connectivity index (χ0) is 8.04. The normalized spacial score (nSPS) is 10.0. The Kier molecular flexibility index (Phi) is 5.00. The first-order valence-corrected chi connectivity index (χ1v) is 5.43. The number of hydrogen-bond donors (Lipinski definition) is 0. The fraction of sp³-hybridized carbons (Fsp3) is 0. The summed E-state index contributed by atoms with van der Waals surface area (Å²) < 4.78 is 34.0. The molecular weight excluding hydrogens is 200 g/mol. The average molecular weight is 203 g/mol. The molecule has 0 saturated carbocycles. The first-order chi connectivity index (χ1) is 4.50. The van der Waals surface area contributed by atoms with Crippen molar-refractivity contribution in [2.75, 3.05) is 0 Å². The maximum atomic E-state index is 8.49. The van der Waals surface area contributed by atoms with E-state index in [9.17, 15) is 0 Å². The van der Waals surface area contributed by atoms with Gasteiger partial charge in [0.15, 0.2) is 10.3 Å². The molecule has 58 valence electrons. The fourth-order valence-electron chi connectivity index (χ4n) is 0.160. The number of hydrogen-bond acceptors (Lipinski definition) is 5. The quantitative estimate of drug-likeness (QED) is 0.339. The van der Waals surface area contributed by atoms with Crippen molar-refractivity contribution in [3.63, 3.8) is 0 Å². The van der Waals surface area contributed by atoms with E-state index < -0.39 is 10.2 Å². The van der Waals surface area contributed by atoms with Crippen LogP contribution < -0.4 is 18.6 Å². The molecule has 1 aromatic heterocycles. The van der Waals surface area contributed by atoms with Gasteiger partial charge in [-0.05, 0) is 0 Å². The minimum Gasteiger partial charge on any atom is -0.222 e. The predicted molar refractivity (Wildman–Crippen MR) is 26.6 cm³/mol. The Morgan fingerprint density at radius 2 is 1.70 bits per heavy atom. The summed E-state index contributed by atoms with van der Waals surface area (Å²) in [4.78, 5) is 0. The highest BCUT2D eigenvalue weighted by Crippen LogP contribution is 2.02. The van der Waals surface area contributed by atoms with Crippen molar-refractivity contribution in [2.24, 2.45) is 0 Å². The van der Waals surface area contributed by atoms with Gasteiger partial charge < -0.3 is 0 Å². The first-order valence-electron chi connectivity index (χ1n) is 1.92. The lowest BCUT2D eigenvalue weighted by Gasteiger charge is -2.17. The molecule has 0 saturated heterocycles. The molecule has 0 atom stereocenters. The van der Waals surface area contributed by atoms with Crippen LogP contribution in [0.15, 0.2) is 16.8 Å². The van der Waals surface area contributed by atoms with Crippen LogP contribution in [0.1, 0.15) is 0 Å². The summed E-state index contributed by atoms with van der Waals surface area (Å²) >= 11 is 0. The van der Waals surface area contributed by atoms with Gasteiger partial charge in [-0.3, -0.25) is 0 Å². The molecular formula is C3H3ClO4S2. The number of halogens is 1. The monoisotopic (exact) mass is 202 g/mol. The maximum Gasteiger partial charge on any atom is 0.291 e. The summed E-state index contributed by atoms with van der Waals surface area (Å²) in [5.41, 5.74) is 0. The van der Waals surface area contributed by atoms with Gasteiger partial charge in [-0.25, -0.2) is 18.6 Å². The molecule has 1 heterocycles. The maximum absolute atomic E-state index is 8.49. The molecule has 10 heavy (non-hydrogen) atoms. The summed E-state index contributed by atoms with van der Waals surface area (Å²) in [5.74, 6) is 0. The third-order valence-electron chi connectivity index (χ3n) is 0.324. The van der Waals surface area contributed by atoms with Crippen LogP contribution in [-0.2, 0) is 0 Å². The molecule has 7 heteroatoms. The van der Waals surface area contributed by atoms with E-state index in [0.717, 1.165) is 0 Å². The van der Waals surface area contributed by atoms with Crippen LogP contribution in [0.25, 0.3) is 0 Å². The van der Waals surface area contributed by atoms with E-state index >= 15 is 0 Å². The molecule has 1 aromatic rings. The van der Waals surface area contributed by atoms with E-state index in [2.05, 4.69) is 10.8 Å². The lowest BCUT2D eigenvalue weighted by molar-refractivity contribution is -2.00. The topological polar surface area (TPSA) is 92.2 Å². The zero-order valence-electron chi connectivity index (χ0n) is 4.56. The number of rotatable bonds is 0. The molecule has 0 radical (unpaired) electrons. The second-order valence-corrected chi connectivity index (χ2v) is 3.87. The van der Waals surface area contributed by atoms with E-state index in [1.807, 2.05) is 6.07 Å². The molecule has 0 aliphatic carbocycles. The second-order valence-electron chi connectivity index (χ2n) is 1.04. The minimum atomic E-state index is -4.94. The fourth-order valence-corrected chi connectivity index (χ4v) is 1.44. The Morgan fingerprint density at radius 3 is 1.80 bits per heavy atom. The van der Waals surface area contributed by atoms with Crippen LogP contribution in [-0.4, -0.2) is 0 Å². The Labute approximate surface area is 66.7 Å². The predicted octanol–water partition coefficient (Wildman–Crippen LogP) is -2.67. The smallest absolute Gasteiger partial charge is 0.222 e. The van der Waals surface area contributed by atoms with E-state index in [1.165, 1.54) is 0 Å². The zero-order valence-corrected chi connectivity index (χ0v) is 6.95. The van der Waals surface area contributed by atoms with E-state index in [1.54, 1.807) is 20.7 Å². The molecule has 0 fully saturated rings. The van der Waals surface area contributed by atoms with Crippen LogP contribution in [0.2, 0.25) is 0 Å². The highest BCUT2D eigenvalue weighted by molar-refractivity contribution is 7.67. The highest BCUT2D eigenvalue weighted by Gasteiger charge is 1.84. The Bertz CT molecular complexity index is 125. The highest BCUT2D eigenvalue weighted by atomic mass is 35.7. The van der Waals surface area contributed by atoms with Crippen LogP contribution >= 0.6 is 20.7 Å². The first kappa shape index (κ1) is 10.2. The van der Waals surface area contributed by atoms with Gasteiger partial charge in [0, 0.05) is 6.07 Å². The Hall–Kier alpha value is 0.180. The van der Waals surface area contributed by atoms with Gasteiger partial charge in [-0.2, -0.15) is 0 Å². The van der Waals surface area contributed by atoms with Gasteiger partial charge in [0.25, 0.3) is 10.3 Å². The van der Waals surface area contributed by atoms with Crippen molar-refractivity contribution in [2.45, 2.75) is 0 Å². The van der Waals surface area contributed by atoms with Crippen LogP contribution in [0, 0.1) is 10.2 Å². The van der Waals surface area contributed by atoms with E-state index in [-0.39, 0.29) is 0 Å². The van der Waals surface area contributed by atoms with Gasteiger partial charge in [-0.1, -0.05) is 0 Å². The van der Waals surface area contributed by atoms with Crippen molar-refractivity contribution >= 4 is 20.7 Å². The summed E-state index contributed by atoms with van der Waals surface area (Å²) in [5, 5.41) is 4.12. The lowest BCUT2D eigenvalue weighted by atomic mass is 10.8. The van der Waals surface area contributed by atoms with Crippen LogP contribution in [0.3, 0.4) is 0 Å². The van der Waals surface area contributed by atoms with Crippen molar-refractivity contribution < 1.29 is 28.9 Å². The standard InChI is InChI=1S/C3H3S2.ClHO4/c1-2-4-5-3-1;2-1(3,4)5/h1-3H;(H,2,3,4,5)/q+1;/p-1. The molecule has 0 amide bonds.